The fourth-order valence-corrected chi connectivity index (χ4v) is 7.91. The number of para-hydroxylation sites is 1. The fourth-order valence-electron chi connectivity index (χ4n) is 6.91. The minimum Gasteiger partial charge on any atom is -0.456 e. The zero-order chi connectivity index (χ0) is 34.4. The summed E-state index contributed by atoms with van der Waals surface area (Å²) in [5.41, 5.74) is 10.7. The van der Waals surface area contributed by atoms with Crippen LogP contribution in [0.25, 0.3) is 99.1 Å². The van der Waals surface area contributed by atoms with Gasteiger partial charge in [0.25, 0.3) is 0 Å². The van der Waals surface area contributed by atoms with Crippen LogP contribution >= 0.6 is 11.3 Å². The molecule has 3 heterocycles. The van der Waals surface area contributed by atoms with Crippen molar-refractivity contribution in [2.45, 2.75) is 0 Å². The molecule has 10 aromatic rings. The van der Waals surface area contributed by atoms with E-state index in [1.165, 1.54) is 0 Å². The molecule has 244 valence electrons. The number of rotatable bonds is 6. The first-order valence-electron chi connectivity index (χ1n) is 17.1. The average Bonchev–Trinajstić information content (AvgIpc) is 3.84. The third kappa shape index (κ3) is 5.34. The molecule has 0 unspecified atom stereocenters. The summed E-state index contributed by atoms with van der Waals surface area (Å²) in [4.78, 5) is 20.6. The molecule has 0 saturated carbocycles. The van der Waals surface area contributed by atoms with E-state index >= 15 is 0 Å². The van der Waals surface area contributed by atoms with Crippen LogP contribution in [-0.4, -0.2) is 19.9 Å². The molecule has 3 aromatic heterocycles. The minimum absolute atomic E-state index is 0.572. The van der Waals surface area contributed by atoms with Crippen molar-refractivity contribution < 1.29 is 4.42 Å². The molecule has 52 heavy (non-hydrogen) atoms. The van der Waals surface area contributed by atoms with Crippen molar-refractivity contribution in [2.75, 3.05) is 0 Å². The lowest BCUT2D eigenvalue weighted by atomic mass is 9.95. The predicted molar refractivity (Wildman–Crippen MR) is 213 cm³/mol. The Labute approximate surface area is 303 Å². The lowest BCUT2D eigenvalue weighted by molar-refractivity contribution is 0.669. The lowest BCUT2D eigenvalue weighted by Gasteiger charge is -2.13. The first kappa shape index (κ1) is 30.1. The summed E-state index contributed by atoms with van der Waals surface area (Å²) in [6.45, 7) is 0. The highest BCUT2D eigenvalue weighted by Gasteiger charge is 2.21. The highest BCUT2D eigenvalue weighted by atomic mass is 32.1. The molecule has 6 heteroatoms. The molecular weight excluding hydrogens is 657 g/mol. The van der Waals surface area contributed by atoms with E-state index in [-0.39, 0.29) is 0 Å². The maximum atomic E-state index is 6.52. The molecule has 0 saturated heterocycles. The van der Waals surface area contributed by atoms with Crippen LogP contribution in [0.4, 0.5) is 0 Å². The van der Waals surface area contributed by atoms with Crippen LogP contribution < -0.4 is 0 Å². The van der Waals surface area contributed by atoms with E-state index < -0.39 is 0 Å². The Bertz CT molecular complexity index is 2810. The molecule has 0 spiro atoms. The summed E-state index contributed by atoms with van der Waals surface area (Å²) >= 11 is 1.68. The van der Waals surface area contributed by atoms with E-state index in [0.29, 0.717) is 17.5 Å². The Morgan fingerprint density at radius 1 is 0.365 bits per heavy atom. The number of thiazole rings is 1. The summed E-state index contributed by atoms with van der Waals surface area (Å²) in [6.07, 6.45) is 0. The van der Waals surface area contributed by atoms with E-state index in [1.54, 1.807) is 11.3 Å². The zero-order valence-electron chi connectivity index (χ0n) is 27.8. The molecule has 0 radical (unpaired) electrons. The van der Waals surface area contributed by atoms with E-state index in [0.717, 1.165) is 81.7 Å². The Hall–Kier alpha value is -6.76. The third-order valence-corrected chi connectivity index (χ3v) is 10.4. The van der Waals surface area contributed by atoms with Gasteiger partial charge in [0.1, 0.15) is 16.2 Å². The molecule has 5 nitrogen and oxygen atoms in total. The van der Waals surface area contributed by atoms with Crippen LogP contribution in [0.3, 0.4) is 0 Å². The van der Waals surface area contributed by atoms with Crippen molar-refractivity contribution >= 4 is 43.5 Å². The Kier molecular flexibility index (Phi) is 7.25. The molecule has 0 aliphatic carbocycles. The minimum atomic E-state index is 0.572. The number of furan rings is 1. The number of aromatic nitrogens is 4. The van der Waals surface area contributed by atoms with E-state index in [9.17, 15) is 0 Å². The summed E-state index contributed by atoms with van der Waals surface area (Å²) in [7, 11) is 0. The van der Waals surface area contributed by atoms with Gasteiger partial charge in [-0.05, 0) is 64.7 Å². The van der Waals surface area contributed by atoms with Gasteiger partial charge in [-0.1, -0.05) is 127 Å². The summed E-state index contributed by atoms with van der Waals surface area (Å²) in [5.74, 6) is 1.76. The van der Waals surface area contributed by atoms with Crippen molar-refractivity contribution in [1.29, 1.82) is 0 Å². The second kappa shape index (κ2) is 12.5. The number of nitrogens with zero attached hydrogens (tertiary/aromatic N) is 4. The van der Waals surface area contributed by atoms with Gasteiger partial charge in [0.2, 0.25) is 0 Å². The number of fused-ring (bicyclic) bond motifs is 4. The maximum Gasteiger partial charge on any atom is 0.164 e. The van der Waals surface area contributed by atoms with Crippen LogP contribution in [0, 0.1) is 0 Å². The standard InChI is InChI=1S/C46H28N4OS/c1-4-14-29(15-5-1)32-26-33(30-16-6-2-7-17-30)28-34(27-32)44-48-43(31-18-8-3-9-19-31)49-45(50-44)35-20-12-23-38-41(35)42-36(21-13-24-39(42)51-38)46-47-37-22-10-11-25-40(37)52-46/h1-28H. The van der Waals surface area contributed by atoms with Gasteiger partial charge in [-0.15, -0.1) is 11.3 Å². The van der Waals surface area contributed by atoms with Gasteiger partial charge in [0.15, 0.2) is 17.5 Å². The second-order valence-corrected chi connectivity index (χ2v) is 13.7. The normalized spacial score (nSPS) is 11.5. The van der Waals surface area contributed by atoms with Crippen molar-refractivity contribution in [3.63, 3.8) is 0 Å². The van der Waals surface area contributed by atoms with Crippen molar-refractivity contribution in [3.8, 4) is 67.0 Å². The summed E-state index contributed by atoms with van der Waals surface area (Å²) < 4.78 is 7.66. The molecule has 0 fully saturated rings. The van der Waals surface area contributed by atoms with Crippen molar-refractivity contribution in [1.82, 2.24) is 19.9 Å². The van der Waals surface area contributed by atoms with E-state index in [1.807, 2.05) is 72.8 Å². The van der Waals surface area contributed by atoms with Crippen LogP contribution in [0.1, 0.15) is 0 Å². The molecular formula is C46H28N4OS. The van der Waals surface area contributed by atoms with Gasteiger partial charge in [-0.2, -0.15) is 0 Å². The quantitative estimate of drug-likeness (QED) is 0.174. The zero-order valence-corrected chi connectivity index (χ0v) is 28.6. The molecule has 0 amide bonds. The van der Waals surface area contributed by atoms with Gasteiger partial charge in [0, 0.05) is 33.0 Å². The molecule has 0 N–H and O–H groups in total. The highest BCUT2D eigenvalue weighted by Crippen LogP contribution is 2.43. The number of hydrogen-bond acceptors (Lipinski definition) is 6. The third-order valence-electron chi connectivity index (χ3n) is 9.36. The van der Waals surface area contributed by atoms with Gasteiger partial charge in [-0.25, -0.2) is 19.9 Å². The summed E-state index contributed by atoms with van der Waals surface area (Å²) in [5, 5.41) is 2.89. The molecule has 0 atom stereocenters. The maximum absolute atomic E-state index is 6.52. The van der Waals surface area contributed by atoms with Gasteiger partial charge < -0.3 is 4.42 Å². The van der Waals surface area contributed by atoms with Crippen molar-refractivity contribution in [3.05, 3.63) is 170 Å². The van der Waals surface area contributed by atoms with Crippen LogP contribution in [0.15, 0.2) is 174 Å². The number of benzene rings is 7. The van der Waals surface area contributed by atoms with Crippen LogP contribution in [-0.2, 0) is 0 Å². The van der Waals surface area contributed by atoms with Crippen LogP contribution in [0.5, 0.6) is 0 Å². The Morgan fingerprint density at radius 3 is 1.50 bits per heavy atom. The topological polar surface area (TPSA) is 64.7 Å². The Balaban J connectivity index is 1.23. The van der Waals surface area contributed by atoms with E-state index in [4.69, 9.17) is 24.4 Å². The predicted octanol–water partition coefficient (Wildman–Crippen LogP) is 12.4. The Morgan fingerprint density at radius 2 is 0.865 bits per heavy atom. The molecule has 10 rings (SSSR count). The van der Waals surface area contributed by atoms with Crippen molar-refractivity contribution in [2.24, 2.45) is 0 Å². The molecule has 0 aliphatic heterocycles. The largest absolute Gasteiger partial charge is 0.456 e. The molecule has 0 aliphatic rings. The lowest BCUT2D eigenvalue weighted by Crippen LogP contribution is -2.01. The average molecular weight is 685 g/mol. The highest BCUT2D eigenvalue weighted by molar-refractivity contribution is 7.21. The van der Waals surface area contributed by atoms with Gasteiger partial charge in [-0.3, -0.25) is 0 Å². The summed E-state index contributed by atoms with van der Waals surface area (Å²) in [6, 6.07) is 58.1. The molecule has 0 bridgehead atoms. The van der Waals surface area contributed by atoms with Gasteiger partial charge >= 0.3 is 0 Å². The smallest absolute Gasteiger partial charge is 0.164 e. The van der Waals surface area contributed by atoms with Gasteiger partial charge in [0.05, 0.1) is 10.2 Å². The number of hydrogen-bond donors (Lipinski definition) is 0. The fraction of sp³-hybridized carbons (Fsp3) is 0. The first-order valence-corrected chi connectivity index (χ1v) is 18.0. The van der Waals surface area contributed by atoms with Crippen LogP contribution in [0.2, 0.25) is 0 Å². The second-order valence-electron chi connectivity index (χ2n) is 12.6. The SMILES string of the molecule is c1ccc(-c2cc(-c3ccccc3)cc(-c3nc(-c4ccccc4)nc(-c4cccc5oc6cccc(-c7nc8ccccc8s7)c6c45)n3)c2)cc1. The van der Waals surface area contributed by atoms with E-state index in [2.05, 4.69) is 97.1 Å². The molecule has 7 aromatic carbocycles. The monoisotopic (exact) mass is 684 g/mol. The first-order chi connectivity index (χ1) is 25.7.